The van der Waals surface area contributed by atoms with Gasteiger partial charge in [0.25, 0.3) is 0 Å². The van der Waals surface area contributed by atoms with E-state index >= 15 is 0 Å². The van der Waals surface area contributed by atoms with Crippen LogP contribution in [0.1, 0.15) is 16.1 Å². The number of aryl methyl sites for hydroxylation is 1. The van der Waals surface area contributed by atoms with Crippen LogP contribution in [0.25, 0.3) is 0 Å². The SMILES string of the molecule is Cn1cnc(C(=O)c2ccc(Cl)c(Cl)c2)c1N. The van der Waals surface area contributed by atoms with E-state index in [0.717, 1.165) is 0 Å². The van der Waals surface area contributed by atoms with Gasteiger partial charge in [-0.05, 0) is 18.2 Å². The van der Waals surface area contributed by atoms with E-state index in [4.69, 9.17) is 28.9 Å². The average Bonchev–Trinajstić information content (AvgIpc) is 2.63. The number of hydrogen-bond acceptors (Lipinski definition) is 3. The van der Waals surface area contributed by atoms with E-state index in [1.54, 1.807) is 23.7 Å². The van der Waals surface area contributed by atoms with Gasteiger partial charge in [-0.15, -0.1) is 0 Å². The first kappa shape index (κ1) is 12.0. The van der Waals surface area contributed by atoms with Gasteiger partial charge in [0.15, 0.2) is 5.69 Å². The van der Waals surface area contributed by atoms with Crippen LogP contribution in [0.15, 0.2) is 24.5 Å². The fourth-order valence-electron chi connectivity index (χ4n) is 1.39. The molecule has 6 heteroatoms. The lowest BCUT2D eigenvalue weighted by Crippen LogP contribution is -2.06. The predicted molar refractivity (Wildman–Crippen MR) is 67.5 cm³/mol. The first-order valence-corrected chi connectivity index (χ1v) is 5.53. The Hall–Kier alpha value is -1.52. The van der Waals surface area contributed by atoms with Gasteiger partial charge in [0.05, 0.1) is 16.4 Å². The lowest BCUT2D eigenvalue weighted by molar-refractivity contribution is 0.103. The van der Waals surface area contributed by atoms with E-state index in [1.807, 2.05) is 0 Å². The quantitative estimate of drug-likeness (QED) is 0.853. The number of hydrogen-bond donors (Lipinski definition) is 1. The number of aromatic nitrogens is 2. The Labute approximate surface area is 108 Å². The van der Waals surface area contributed by atoms with Crippen LogP contribution >= 0.6 is 23.2 Å². The van der Waals surface area contributed by atoms with Crippen LogP contribution in [0.3, 0.4) is 0 Å². The molecule has 1 aromatic carbocycles. The fraction of sp³-hybridized carbons (Fsp3) is 0.0909. The molecule has 0 aliphatic carbocycles. The standard InChI is InChI=1S/C11H9Cl2N3O/c1-16-5-15-9(11(16)14)10(17)6-2-3-7(12)8(13)4-6/h2-5H,14H2,1H3. The third-order valence-electron chi connectivity index (χ3n) is 2.38. The summed E-state index contributed by atoms with van der Waals surface area (Å²) in [4.78, 5) is 16.0. The van der Waals surface area contributed by atoms with Crippen molar-refractivity contribution in [3.8, 4) is 0 Å². The Morgan fingerprint density at radius 1 is 1.35 bits per heavy atom. The molecule has 4 nitrogen and oxygen atoms in total. The van der Waals surface area contributed by atoms with Gasteiger partial charge in [0.1, 0.15) is 5.82 Å². The zero-order valence-corrected chi connectivity index (χ0v) is 10.5. The molecule has 0 saturated carbocycles. The summed E-state index contributed by atoms with van der Waals surface area (Å²) >= 11 is 11.6. The summed E-state index contributed by atoms with van der Waals surface area (Å²) in [7, 11) is 1.72. The highest BCUT2D eigenvalue weighted by atomic mass is 35.5. The third-order valence-corrected chi connectivity index (χ3v) is 3.12. The maximum Gasteiger partial charge on any atom is 0.215 e. The number of rotatable bonds is 2. The molecule has 2 rings (SSSR count). The number of carbonyl (C=O) groups excluding carboxylic acids is 1. The van der Waals surface area contributed by atoms with E-state index in [2.05, 4.69) is 4.98 Å². The van der Waals surface area contributed by atoms with Crippen molar-refractivity contribution in [2.75, 3.05) is 5.73 Å². The molecular formula is C11H9Cl2N3O. The first-order chi connectivity index (χ1) is 8.00. The lowest BCUT2D eigenvalue weighted by atomic mass is 10.1. The van der Waals surface area contributed by atoms with Crippen molar-refractivity contribution in [3.05, 3.63) is 45.8 Å². The summed E-state index contributed by atoms with van der Waals surface area (Å²) in [6, 6.07) is 4.65. The second-order valence-electron chi connectivity index (χ2n) is 3.55. The molecule has 0 aliphatic heterocycles. The number of carbonyl (C=O) groups is 1. The van der Waals surface area contributed by atoms with Crippen LogP contribution in [0.5, 0.6) is 0 Å². The number of nitrogen functional groups attached to an aromatic ring is 1. The van der Waals surface area contributed by atoms with Crippen molar-refractivity contribution in [2.24, 2.45) is 7.05 Å². The molecule has 17 heavy (non-hydrogen) atoms. The number of halogens is 2. The number of anilines is 1. The highest BCUT2D eigenvalue weighted by Crippen LogP contribution is 2.24. The summed E-state index contributed by atoms with van der Waals surface area (Å²) in [6.45, 7) is 0. The van der Waals surface area contributed by atoms with Gasteiger partial charge < -0.3 is 10.3 Å². The molecule has 0 aliphatic rings. The summed E-state index contributed by atoms with van der Waals surface area (Å²) in [5.74, 6) is 0.0442. The lowest BCUT2D eigenvalue weighted by Gasteiger charge is -2.02. The minimum atomic E-state index is -0.276. The van der Waals surface area contributed by atoms with Crippen molar-refractivity contribution in [1.82, 2.24) is 9.55 Å². The van der Waals surface area contributed by atoms with Crippen LogP contribution in [0.2, 0.25) is 10.0 Å². The van der Waals surface area contributed by atoms with Crippen molar-refractivity contribution in [2.45, 2.75) is 0 Å². The molecule has 1 aromatic heterocycles. The van der Waals surface area contributed by atoms with E-state index in [1.165, 1.54) is 12.4 Å². The largest absolute Gasteiger partial charge is 0.383 e. The molecule has 0 fully saturated rings. The predicted octanol–water partition coefficient (Wildman–Crippen LogP) is 2.54. The van der Waals surface area contributed by atoms with Crippen LogP contribution in [0.4, 0.5) is 5.82 Å². The van der Waals surface area contributed by atoms with Gasteiger partial charge in [0, 0.05) is 12.6 Å². The molecule has 2 N–H and O–H groups in total. The second kappa shape index (κ2) is 4.39. The van der Waals surface area contributed by atoms with Gasteiger partial charge in [-0.25, -0.2) is 4.98 Å². The monoisotopic (exact) mass is 269 g/mol. The van der Waals surface area contributed by atoms with Gasteiger partial charge in [-0.2, -0.15) is 0 Å². The van der Waals surface area contributed by atoms with E-state index < -0.39 is 0 Å². The molecule has 1 heterocycles. The van der Waals surface area contributed by atoms with Crippen molar-refractivity contribution < 1.29 is 4.79 Å². The molecule has 0 amide bonds. The summed E-state index contributed by atoms with van der Waals surface area (Å²) in [6.07, 6.45) is 1.49. The Morgan fingerprint density at radius 2 is 2.06 bits per heavy atom. The topological polar surface area (TPSA) is 60.9 Å². The van der Waals surface area contributed by atoms with Crippen molar-refractivity contribution in [3.63, 3.8) is 0 Å². The van der Waals surface area contributed by atoms with Gasteiger partial charge in [-0.3, -0.25) is 4.79 Å². The summed E-state index contributed by atoms with van der Waals surface area (Å²) in [5.41, 5.74) is 6.35. The molecule has 0 spiro atoms. The molecule has 0 atom stereocenters. The maximum atomic E-state index is 12.1. The second-order valence-corrected chi connectivity index (χ2v) is 4.36. The molecular weight excluding hydrogens is 261 g/mol. The minimum Gasteiger partial charge on any atom is -0.383 e. The number of benzene rings is 1. The van der Waals surface area contributed by atoms with Crippen LogP contribution in [-0.4, -0.2) is 15.3 Å². The van der Waals surface area contributed by atoms with Crippen LogP contribution in [-0.2, 0) is 7.05 Å². The number of ketones is 1. The summed E-state index contributed by atoms with van der Waals surface area (Å²) < 4.78 is 1.57. The van der Waals surface area contributed by atoms with E-state index in [9.17, 15) is 4.79 Å². The molecule has 0 bridgehead atoms. The normalized spacial score (nSPS) is 10.5. The highest BCUT2D eigenvalue weighted by Gasteiger charge is 2.17. The van der Waals surface area contributed by atoms with Crippen LogP contribution < -0.4 is 5.73 Å². The van der Waals surface area contributed by atoms with Gasteiger partial charge in [-0.1, -0.05) is 23.2 Å². The molecule has 0 radical (unpaired) electrons. The Bertz CT molecular complexity index is 592. The first-order valence-electron chi connectivity index (χ1n) is 4.77. The number of imidazole rings is 1. The summed E-state index contributed by atoms with van der Waals surface area (Å²) in [5, 5.41) is 0.726. The third kappa shape index (κ3) is 2.14. The van der Waals surface area contributed by atoms with E-state index in [-0.39, 0.29) is 11.5 Å². The van der Waals surface area contributed by atoms with Crippen molar-refractivity contribution >= 4 is 34.8 Å². The molecule has 0 saturated heterocycles. The maximum absolute atomic E-state index is 12.1. The smallest absolute Gasteiger partial charge is 0.215 e. The fourth-order valence-corrected chi connectivity index (χ4v) is 1.69. The molecule has 88 valence electrons. The van der Waals surface area contributed by atoms with Gasteiger partial charge >= 0.3 is 0 Å². The minimum absolute atomic E-state index is 0.214. The van der Waals surface area contributed by atoms with Crippen molar-refractivity contribution in [1.29, 1.82) is 0 Å². The Morgan fingerprint density at radius 3 is 2.59 bits per heavy atom. The Balaban J connectivity index is 2.44. The molecule has 0 unspecified atom stereocenters. The zero-order chi connectivity index (χ0) is 12.6. The number of nitrogens with zero attached hydrogens (tertiary/aromatic N) is 2. The molecule has 2 aromatic rings. The Kier molecular flexibility index (Phi) is 3.09. The van der Waals surface area contributed by atoms with E-state index in [0.29, 0.717) is 21.4 Å². The average molecular weight is 270 g/mol. The van der Waals surface area contributed by atoms with Gasteiger partial charge in [0.2, 0.25) is 5.78 Å². The van der Waals surface area contributed by atoms with Crippen LogP contribution in [0, 0.1) is 0 Å². The highest BCUT2D eigenvalue weighted by molar-refractivity contribution is 6.42. The number of nitrogens with two attached hydrogens (primary N) is 1. The zero-order valence-electron chi connectivity index (χ0n) is 8.95.